The van der Waals surface area contributed by atoms with E-state index in [9.17, 15) is 13.0 Å². The van der Waals surface area contributed by atoms with E-state index >= 15 is 0 Å². The molecule has 0 N–H and O–H groups in total. The fourth-order valence-electron chi connectivity index (χ4n) is 3.96. The average Bonchev–Trinajstić information content (AvgIpc) is 2.67. The first-order valence-electron chi connectivity index (χ1n) is 11.0. The molecule has 2 rings (SSSR count). The van der Waals surface area contributed by atoms with E-state index in [1.807, 2.05) is 24.3 Å². The molecule has 0 atom stereocenters. The molecule has 2 aromatic carbocycles. The number of benzene rings is 2. The number of aryl methyl sites for hydroxylation is 1. The zero-order chi connectivity index (χ0) is 20.2. The van der Waals surface area contributed by atoms with Gasteiger partial charge in [-0.15, -0.1) is 0 Å². The summed E-state index contributed by atoms with van der Waals surface area (Å²) in [5.74, 6) is 0. The summed E-state index contributed by atoms with van der Waals surface area (Å²) < 4.78 is 34.9. The van der Waals surface area contributed by atoms with E-state index < -0.39 is 10.1 Å². The first-order valence-corrected chi connectivity index (χ1v) is 12.4. The zero-order valence-corrected chi connectivity index (χ0v) is 21.1. The van der Waals surface area contributed by atoms with Gasteiger partial charge < -0.3 is 4.55 Å². The summed E-state index contributed by atoms with van der Waals surface area (Å²) in [6, 6.07) is 10.7. The van der Waals surface area contributed by atoms with Crippen molar-refractivity contribution >= 4 is 20.9 Å². The molecule has 0 unspecified atom stereocenters. The van der Waals surface area contributed by atoms with E-state index in [0.717, 1.165) is 30.2 Å². The predicted molar refractivity (Wildman–Crippen MR) is 117 cm³/mol. The molecule has 0 bridgehead atoms. The smallest absolute Gasteiger partial charge is 0.744 e. The van der Waals surface area contributed by atoms with Gasteiger partial charge in [0, 0.05) is 5.39 Å². The fourth-order valence-corrected chi connectivity index (χ4v) is 4.70. The van der Waals surface area contributed by atoms with Crippen LogP contribution < -0.4 is 29.6 Å². The van der Waals surface area contributed by atoms with E-state index in [-0.39, 0.29) is 34.5 Å². The molecule has 0 aliphatic rings. The van der Waals surface area contributed by atoms with Crippen LogP contribution in [-0.4, -0.2) is 13.0 Å². The largest absolute Gasteiger partial charge is 1.00 e. The van der Waals surface area contributed by atoms with Gasteiger partial charge >= 0.3 is 29.6 Å². The number of rotatable bonds is 14. The van der Waals surface area contributed by atoms with Crippen LogP contribution in [0.25, 0.3) is 10.8 Å². The molecule has 0 aliphatic heterocycles. The molecule has 2 aromatic rings. The summed E-state index contributed by atoms with van der Waals surface area (Å²) in [7, 11) is -4.46. The first-order chi connectivity index (χ1) is 13.5. The third-order valence-corrected chi connectivity index (χ3v) is 6.40. The Bertz CT molecular complexity index is 813. The van der Waals surface area contributed by atoms with Gasteiger partial charge in [0.1, 0.15) is 10.1 Å². The summed E-state index contributed by atoms with van der Waals surface area (Å²) >= 11 is 0. The van der Waals surface area contributed by atoms with E-state index in [2.05, 4.69) is 6.92 Å². The van der Waals surface area contributed by atoms with Crippen molar-refractivity contribution in [2.75, 3.05) is 0 Å². The molecule has 5 heteroatoms. The number of hydrogen-bond donors (Lipinski definition) is 0. The van der Waals surface area contributed by atoms with Crippen LogP contribution in [-0.2, 0) is 16.5 Å². The van der Waals surface area contributed by atoms with Gasteiger partial charge in [0.05, 0.1) is 4.90 Å². The van der Waals surface area contributed by atoms with Gasteiger partial charge in [0.25, 0.3) is 0 Å². The minimum atomic E-state index is -4.46. The normalized spacial score (nSPS) is 11.5. The third kappa shape index (κ3) is 9.52. The van der Waals surface area contributed by atoms with Crippen LogP contribution in [0.5, 0.6) is 0 Å². The van der Waals surface area contributed by atoms with Gasteiger partial charge in [-0.3, -0.25) is 0 Å². The van der Waals surface area contributed by atoms with Gasteiger partial charge in [-0.2, -0.15) is 0 Å². The Kier molecular flexibility index (Phi) is 13.4. The van der Waals surface area contributed by atoms with Crippen molar-refractivity contribution in [3.8, 4) is 0 Å². The molecule has 0 aromatic heterocycles. The minimum absolute atomic E-state index is 0. The Balaban J connectivity index is 0.00000420. The van der Waals surface area contributed by atoms with Crippen LogP contribution >= 0.6 is 0 Å². The van der Waals surface area contributed by atoms with Gasteiger partial charge in [-0.25, -0.2) is 8.42 Å². The molecule has 0 fully saturated rings. The molecule has 0 heterocycles. The van der Waals surface area contributed by atoms with Gasteiger partial charge in [-0.05, 0) is 29.9 Å². The van der Waals surface area contributed by atoms with Crippen LogP contribution in [0.1, 0.15) is 89.5 Å². The summed E-state index contributed by atoms with van der Waals surface area (Å²) in [5.41, 5.74) is 0.972. The third-order valence-electron chi connectivity index (χ3n) is 5.52. The maximum atomic E-state index is 11.6. The number of unbranched alkanes of at least 4 members (excludes halogenated alkanes) is 11. The van der Waals surface area contributed by atoms with Crippen molar-refractivity contribution < 1.29 is 42.5 Å². The quantitative estimate of drug-likeness (QED) is 0.261. The van der Waals surface area contributed by atoms with Crippen LogP contribution in [0.4, 0.5) is 0 Å². The second-order valence-corrected chi connectivity index (χ2v) is 9.21. The van der Waals surface area contributed by atoms with Crippen LogP contribution in [0.2, 0.25) is 0 Å². The molecule has 0 saturated carbocycles. The molecule has 0 saturated heterocycles. The molecule has 29 heavy (non-hydrogen) atoms. The van der Waals surface area contributed by atoms with Crippen molar-refractivity contribution in [1.82, 2.24) is 0 Å². The number of hydrogen-bond acceptors (Lipinski definition) is 3. The molecule has 0 amide bonds. The molecule has 0 radical (unpaired) electrons. The number of fused-ring (bicyclic) bond motifs is 1. The Hall–Kier alpha value is -0.390. The van der Waals surface area contributed by atoms with E-state index in [0.29, 0.717) is 5.39 Å². The van der Waals surface area contributed by atoms with Gasteiger partial charge in [-0.1, -0.05) is 108 Å². The maximum absolute atomic E-state index is 11.6. The zero-order valence-electron chi connectivity index (χ0n) is 18.3. The van der Waals surface area contributed by atoms with Crippen molar-refractivity contribution in [3.05, 3.63) is 42.0 Å². The SMILES string of the molecule is CCCCCCCCCCCCCCc1cccc2cccc(S(=O)(=O)[O-])c12.[Na+]. The predicted octanol–water partition coefficient (Wildman–Crippen LogP) is 3.99. The van der Waals surface area contributed by atoms with Gasteiger partial charge in [0.2, 0.25) is 0 Å². The standard InChI is InChI=1S/C24H36O3S.Na/c1-2-3-4-5-6-7-8-9-10-11-12-13-16-21-17-14-18-22-19-15-20-23(24(21)22)28(25,26)27;/h14-15,17-20H,2-13,16H2,1H3,(H,25,26,27);/q;+1/p-1. The molecular weight excluding hydrogens is 391 g/mol. The Morgan fingerprint density at radius 3 is 1.72 bits per heavy atom. The van der Waals surface area contributed by atoms with Crippen molar-refractivity contribution in [1.29, 1.82) is 0 Å². The van der Waals surface area contributed by atoms with E-state index in [1.54, 1.807) is 6.07 Å². The molecular formula is C24H35NaO3S. The average molecular weight is 427 g/mol. The van der Waals surface area contributed by atoms with E-state index in [4.69, 9.17) is 0 Å². The summed E-state index contributed by atoms with van der Waals surface area (Å²) in [6.45, 7) is 2.25. The molecule has 0 spiro atoms. The first kappa shape index (κ1) is 26.6. The van der Waals surface area contributed by atoms with Crippen molar-refractivity contribution in [2.24, 2.45) is 0 Å². The Morgan fingerprint density at radius 2 is 1.21 bits per heavy atom. The monoisotopic (exact) mass is 426 g/mol. The second-order valence-electron chi connectivity index (χ2n) is 7.86. The second kappa shape index (κ2) is 14.6. The molecule has 0 aliphatic carbocycles. The summed E-state index contributed by atoms with van der Waals surface area (Å²) in [4.78, 5) is -0.0838. The Labute approximate surface area is 199 Å². The van der Waals surface area contributed by atoms with E-state index in [1.165, 1.54) is 70.3 Å². The summed E-state index contributed by atoms with van der Waals surface area (Å²) in [5, 5.41) is 1.44. The van der Waals surface area contributed by atoms with Crippen LogP contribution in [0.15, 0.2) is 41.3 Å². The minimum Gasteiger partial charge on any atom is -0.744 e. The fraction of sp³-hybridized carbons (Fsp3) is 0.583. The molecule has 156 valence electrons. The van der Waals surface area contributed by atoms with Crippen molar-refractivity contribution in [3.63, 3.8) is 0 Å². The summed E-state index contributed by atoms with van der Waals surface area (Å²) in [6.07, 6.45) is 16.4. The van der Waals surface area contributed by atoms with Crippen LogP contribution in [0, 0.1) is 0 Å². The van der Waals surface area contributed by atoms with Crippen molar-refractivity contribution in [2.45, 2.75) is 95.3 Å². The maximum Gasteiger partial charge on any atom is 1.00 e. The van der Waals surface area contributed by atoms with Crippen LogP contribution in [0.3, 0.4) is 0 Å². The van der Waals surface area contributed by atoms with Gasteiger partial charge in [0.15, 0.2) is 0 Å². The topological polar surface area (TPSA) is 57.2 Å². The Morgan fingerprint density at radius 1 is 0.724 bits per heavy atom. The molecule has 3 nitrogen and oxygen atoms in total.